The third-order valence-electron chi connectivity index (χ3n) is 3.08. The van der Waals surface area contributed by atoms with Crippen molar-refractivity contribution in [3.63, 3.8) is 0 Å². The molecule has 16 heavy (non-hydrogen) atoms. The van der Waals surface area contributed by atoms with Gasteiger partial charge in [-0.15, -0.1) is 0 Å². The summed E-state index contributed by atoms with van der Waals surface area (Å²) >= 11 is 0. The molecule has 0 saturated carbocycles. The minimum Gasteiger partial charge on any atom is -0.443 e. The van der Waals surface area contributed by atoms with Gasteiger partial charge in [-0.2, -0.15) is 0 Å². The van der Waals surface area contributed by atoms with E-state index in [1.165, 1.54) is 25.7 Å². The maximum Gasteiger partial charge on any atom is 0.195 e. The van der Waals surface area contributed by atoms with Crippen LogP contribution in [0.1, 0.15) is 37.5 Å². The lowest BCUT2D eigenvalue weighted by molar-refractivity contribution is 0.158. The van der Waals surface area contributed by atoms with Crippen LogP contribution in [0.15, 0.2) is 16.5 Å². The number of hydrogen-bond acceptors (Lipinski definition) is 4. The molecule has 90 valence electrons. The van der Waals surface area contributed by atoms with Gasteiger partial charge in [0.25, 0.3) is 0 Å². The number of nitrogens with two attached hydrogens (primary N) is 1. The molecule has 1 fully saturated rings. The van der Waals surface area contributed by atoms with E-state index >= 15 is 0 Å². The molecule has 0 aromatic carbocycles. The summed E-state index contributed by atoms with van der Waals surface area (Å²) in [6, 6.07) is 3.75. The molecule has 0 radical (unpaired) electrons. The highest BCUT2D eigenvalue weighted by Crippen LogP contribution is 2.24. The van der Waals surface area contributed by atoms with Crippen molar-refractivity contribution in [1.29, 1.82) is 0 Å². The molecule has 0 spiro atoms. The average Bonchev–Trinajstić information content (AvgIpc) is 2.64. The smallest absolute Gasteiger partial charge is 0.195 e. The van der Waals surface area contributed by atoms with Gasteiger partial charge in [-0.05, 0) is 18.9 Å². The van der Waals surface area contributed by atoms with Crippen LogP contribution in [-0.4, -0.2) is 24.7 Å². The van der Waals surface area contributed by atoms with Crippen molar-refractivity contribution in [1.82, 2.24) is 0 Å². The minimum atomic E-state index is -0.680. The first-order valence-corrected chi connectivity index (χ1v) is 6.04. The number of aliphatic hydroxyl groups is 1. The van der Waals surface area contributed by atoms with Crippen molar-refractivity contribution >= 4 is 5.88 Å². The Kier molecular flexibility index (Phi) is 3.85. The van der Waals surface area contributed by atoms with Crippen LogP contribution in [0.3, 0.4) is 0 Å². The van der Waals surface area contributed by atoms with E-state index in [2.05, 4.69) is 4.90 Å². The largest absolute Gasteiger partial charge is 0.443 e. The Hall–Kier alpha value is -1.00. The monoisotopic (exact) mass is 224 g/mol. The molecule has 1 aliphatic rings. The molecule has 4 nitrogen and oxygen atoms in total. The van der Waals surface area contributed by atoms with Gasteiger partial charge in [-0.1, -0.05) is 12.8 Å². The third-order valence-corrected chi connectivity index (χ3v) is 3.08. The zero-order valence-electron chi connectivity index (χ0n) is 9.56. The lowest BCUT2D eigenvalue weighted by atomic mass is 10.2. The molecule has 1 aliphatic heterocycles. The summed E-state index contributed by atoms with van der Waals surface area (Å²) < 4.78 is 5.63. The molecule has 1 atom stereocenters. The fourth-order valence-corrected chi connectivity index (χ4v) is 2.10. The van der Waals surface area contributed by atoms with Crippen LogP contribution in [0.2, 0.25) is 0 Å². The summed E-state index contributed by atoms with van der Waals surface area (Å²) in [4.78, 5) is 2.25. The van der Waals surface area contributed by atoms with Gasteiger partial charge < -0.3 is 20.2 Å². The Bertz CT molecular complexity index is 317. The molecule has 0 aliphatic carbocycles. The zero-order valence-corrected chi connectivity index (χ0v) is 9.56. The van der Waals surface area contributed by atoms with Gasteiger partial charge in [0.1, 0.15) is 11.9 Å². The van der Waals surface area contributed by atoms with Crippen LogP contribution in [0.4, 0.5) is 5.88 Å². The second kappa shape index (κ2) is 5.37. The molecule has 1 saturated heterocycles. The number of anilines is 1. The first kappa shape index (κ1) is 11.5. The molecule has 0 unspecified atom stereocenters. The number of hydrogen-bond donors (Lipinski definition) is 2. The summed E-state index contributed by atoms with van der Waals surface area (Å²) in [5, 5.41) is 9.56. The molecule has 2 heterocycles. The molecule has 4 heteroatoms. The maximum atomic E-state index is 9.56. The van der Waals surface area contributed by atoms with Gasteiger partial charge in [0.2, 0.25) is 0 Å². The van der Waals surface area contributed by atoms with Crippen LogP contribution in [0.5, 0.6) is 0 Å². The summed E-state index contributed by atoms with van der Waals surface area (Å²) in [6.07, 6.45) is 4.36. The third kappa shape index (κ3) is 2.57. The average molecular weight is 224 g/mol. The lowest BCUT2D eigenvalue weighted by Gasteiger charge is -2.19. The van der Waals surface area contributed by atoms with E-state index in [-0.39, 0.29) is 6.54 Å². The lowest BCUT2D eigenvalue weighted by Crippen LogP contribution is -2.23. The molecular formula is C12H20N2O2. The van der Waals surface area contributed by atoms with Crippen LogP contribution in [0.25, 0.3) is 0 Å². The predicted octanol–water partition coefficient (Wildman–Crippen LogP) is 1.65. The van der Waals surface area contributed by atoms with Gasteiger partial charge in [-0.25, -0.2) is 0 Å². The number of nitrogens with zero attached hydrogens (tertiary/aromatic N) is 1. The summed E-state index contributed by atoms with van der Waals surface area (Å²) in [5.41, 5.74) is 5.39. The van der Waals surface area contributed by atoms with Gasteiger partial charge >= 0.3 is 0 Å². The van der Waals surface area contributed by atoms with Crippen molar-refractivity contribution in [2.24, 2.45) is 5.73 Å². The number of aliphatic hydroxyl groups excluding tert-OH is 1. The van der Waals surface area contributed by atoms with E-state index in [1.54, 1.807) is 0 Å². The van der Waals surface area contributed by atoms with Crippen molar-refractivity contribution in [2.75, 3.05) is 24.5 Å². The standard InChI is InChI=1S/C12H20N2O2/c13-9-10(15)11-5-6-12(16-11)14-7-3-1-2-4-8-14/h5-6,10,15H,1-4,7-9,13H2/t10-/m1/s1. The van der Waals surface area contributed by atoms with Gasteiger partial charge in [0.15, 0.2) is 5.88 Å². The van der Waals surface area contributed by atoms with Crippen LogP contribution in [0, 0.1) is 0 Å². The molecular weight excluding hydrogens is 204 g/mol. The van der Waals surface area contributed by atoms with Crippen LogP contribution in [-0.2, 0) is 0 Å². The maximum absolute atomic E-state index is 9.56. The fraction of sp³-hybridized carbons (Fsp3) is 0.667. The quantitative estimate of drug-likeness (QED) is 0.819. The van der Waals surface area contributed by atoms with Crippen molar-refractivity contribution < 1.29 is 9.52 Å². The SMILES string of the molecule is NC[C@@H](O)c1ccc(N2CCCCCC2)o1. The molecule has 0 bridgehead atoms. The highest BCUT2D eigenvalue weighted by atomic mass is 16.4. The fourth-order valence-electron chi connectivity index (χ4n) is 2.10. The Morgan fingerprint density at radius 3 is 2.56 bits per heavy atom. The van der Waals surface area contributed by atoms with E-state index < -0.39 is 6.10 Å². The van der Waals surface area contributed by atoms with Crippen molar-refractivity contribution in [3.8, 4) is 0 Å². The first-order valence-electron chi connectivity index (χ1n) is 6.04. The van der Waals surface area contributed by atoms with E-state index in [1.807, 2.05) is 12.1 Å². The summed E-state index contributed by atoms with van der Waals surface area (Å²) in [7, 11) is 0. The van der Waals surface area contributed by atoms with Crippen molar-refractivity contribution in [3.05, 3.63) is 17.9 Å². The Balaban J connectivity index is 2.05. The van der Waals surface area contributed by atoms with E-state index in [4.69, 9.17) is 10.2 Å². The Morgan fingerprint density at radius 2 is 1.94 bits per heavy atom. The summed E-state index contributed by atoms with van der Waals surface area (Å²) in [5.74, 6) is 1.44. The zero-order chi connectivity index (χ0) is 11.4. The summed E-state index contributed by atoms with van der Waals surface area (Å²) in [6.45, 7) is 2.30. The highest BCUT2D eigenvalue weighted by Gasteiger charge is 2.16. The number of furan rings is 1. The van der Waals surface area contributed by atoms with Crippen molar-refractivity contribution in [2.45, 2.75) is 31.8 Å². The Labute approximate surface area is 96.0 Å². The molecule has 1 aromatic heterocycles. The first-order chi connectivity index (χ1) is 7.81. The normalized spacial score (nSPS) is 19.5. The molecule has 2 rings (SSSR count). The minimum absolute atomic E-state index is 0.201. The van der Waals surface area contributed by atoms with Gasteiger partial charge in [-0.3, -0.25) is 0 Å². The van der Waals surface area contributed by atoms with Gasteiger partial charge in [0.05, 0.1) is 0 Å². The second-order valence-electron chi connectivity index (χ2n) is 4.33. The van der Waals surface area contributed by atoms with E-state index in [9.17, 15) is 5.11 Å². The van der Waals surface area contributed by atoms with Crippen LogP contribution >= 0.6 is 0 Å². The molecule has 0 amide bonds. The molecule has 3 N–H and O–H groups in total. The molecule has 1 aromatic rings. The predicted molar refractivity (Wildman–Crippen MR) is 63.4 cm³/mol. The van der Waals surface area contributed by atoms with Gasteiger partial charge in [0, 0.05) is 25.7 Å². The topological polar surface area (TPSA) is 62.6 Å². The Morgan fingerprint density at radius 1 is 1.25 bits per heavy atom. The van der Waals surface area contributed by atoms with E-state index in [0.717, 1.165) is 19.0 Å². The number of rotatable bonds is 3. The van der Waals surface area contributed by atoms with Crippen LogP contribution < -0.4 is 10.6 Å². The highest BCUT2D eigenvalue weighted by molar-refractivity contribution is 5.36. The van der Waals surface area contributed by atoms with E-state index in [0.29, 0.717) is 5.76 Å². The second-order valence-corrected chi connectivity index (χ2v) is 4.33.